The Labute approximate surface area is 96.6 Å². The number of nitrogens with two attached hydrogens (primary N) is 1. The molecule has 0 radical (unpaired) electrons. The second kappa shape index (κ2) is 7.16. The van der Waals surface area contributed by atoms with Crippen LogP contribution in [0.3, 0.4) is 0 Å². The van der Waals surface area contributed by atoms with E-state index in [2.05, 4.69) is 15.3 Å². The number of hydrogen-bond donors (Lipinski definition) is 2. The van der Waals surface area contributed by atoms with Gasteiger partial charge in [-0.15, -0.1) is 0 Å². The van der Waals surface area contributed by atoms with Gasteiger partial charge in [-0.1, -0.05) is 6.07 Å². The lowest BCUT2D eigenvalue weighted by Gasteiger charge is -2.16. The molecule has 5 heteroatoms. The van der Waals surface area contributed by atoms with Gasteiger partial charge in [-0.25, -0.2) is 10.8 Å². The molecule has 0 fully saturated rings. The summed E-state index contributed by atoms with van der Waals surface area (Å²) in [4.78, 5) is 6.51. The van der Waals surface area contributed by atoms with E-state index in [9.17, 15) is 0 Å². The molecule has 16 heavy (non-hydrogen) atoms. The quantitative estimate of drug-likeness (QED) is 0.408. The van der Waals surface area contributed by atoms with E-state index in [4.69, 9.17) is 10.6 Å². The van der Waals surface area contributed by atoms with Crippen LogP contribution >= 0.6 is 0 Å². The standard InChI is InChI=1S/C11H20N4O/c1-3-16-8-7-15(2)9-10-5-4-6-11(13-10)14-12/h4-6H,3,7-9,12H2,1-2H3,(H,13,14). The van der Waals surface area contributed by atoms with Gasteiger partial charge in [0.05, 0.1) is 12.3 Å². The zero-order valence-corrected chi connectivity index (χ0v) is 9.94. The number of hydrazine groups is 1. The number of nitrogens with zero attached hydrogens (tertiary/aromatic N) is 2. The van der Waals surface area contributed by atoms with Gasteiger partial charge in [0.2, 0.25) is 0 Å². The molecular weight excluding hydrogens is 204 g/mol. The number of nitrogens with one attached hydrogen (secondary N) is 1. The molecule has 0 amide bonds. The van der Waals surface area contributed by atoms with Crippen molar-refractivity contribution in [3.63, 3.8) is 0 Å². The van der Waals surface area contributed by atoms with Crippen molar-refractivity contribution in [2.75, 3.05) is 32.2 Å². The second-order valence-electron chi connectivity index (χ2n) is 3.59. The third-order valence-electron chi connectivity index (χ3n) is 2.21. The van der Waals surface area contributed by atoms with E-state index >= 15 is 0 Å². The van der Waals surface area contributed by atoms with Gasteiger partial charge in [-0.3, -0.25) is 4.90 Å². The van der Waals surface area contributed by atoms with Gasteiger partial charge in [-0.05, 0) is 26.1 Å². The van der Waals surface area contributed by atoms with E-state index in [0.717, 1.165) is 32.0 Å². The number of ether oxygens (including phenoxy) is 1. The normalized spacial score (nSPS) is 10.8. The van der Waals surface area contributed by atoms with Crippen molar-refractivity contribution < 1.29 is 4.74 Å². The highest BCUT2D eigenvalue weighted by atomic mass is 16.5. The van der Waals surface area contributed by atoms with E-state index < -0.39 is 0 Å². The molecular formula is C11H20N4O. The van der Waals surface area contributed by atoms with Crippen LogP contribution in [-0.4, -0.2) is 36.7 Å². The number of anilines is 1. The number of likely N-dealkylation sites (N-methyl/N-ethyl adjacent to an activating group) is 1. The van der Waals surface area contributed by atoms with Crippen molar-refractivity contribution in [2.24, 2.45) is 5.84 Å². The van der Waals surface area contributed by atoms with Crippen molar-refractivity contribution in [3.05, 3.63) is 23.9 Å². The minimum Gasteiger partial charge on any atom is -0.380 e. The first kappa shape index (κ1) is 12.9. The van der Waals surface area contributed by atoms with Crippen LogP contribution in [0.15, 0.2) is 18.2 Å². The minimum atomic E-state index is 0.690. The van der Waals surface area contributed by atoms with Crippen LogP contribution in [0.2, 0.25) is 0 Å². The average Bonchev–Trinajstić information content (AvgIpc) is 2.29. The molecule has 0 atom stereocenters. The van der Waals surface area contributed by atoms with Crippen molar-refractivity contribution >= 4 is 5.82 Å². The van der Waals surface area contributed by atoms with Crippen LogP contribution in [-0.2, 0) is 11.3 Å². The summed E-state index contributed by atoms with van der Waals surface area (Å²) in [5, 5.41) is 0. The van der Waals surface area contributed by atoms with E-state index in [1.807, 2.05) is 32.2 Å². The summed E-state index contributed by atoms with van der Waals surface area (Å²) in [6, 6.07) is 5.76. The van der Waals surface area contributed by atoms with Crippen LogP contribution in [0.4, 0.5) is 5.82 Å². The van der Waals surface area contributed by atoms with Gasteiger partial charge < -0.3 is 10.2 Å². The smallest absolute Gasteiger partial charge is 0.140 e. The molecule has 3 N–H and O–H groups in total. The summed E-state index contributed by atoms with van der Waals surface area (Å²) in [5.74, 6) is 5.99. The number of aromatic nitrogens is 1. The monoisotopic (exact) mass is 224 g/mol. The first-order chi connectivity index (χ1) is 7.76. The SMILES string of the molecule is CCOCCN(C)Cc1cccc(NN)n1. The molecule has 0 aliphatic rings. The molecule has 1 aromatic rings. The fourth-order valence-electron chi connectivity index (χ4n) is 1.37. The van der Waals surface area contributed by atoms with Crippen LogP contribution in [0.25, 0.3) is 0 Å². The highest BCUT2D eigenvalue weighted by molar-refractivity contribution is 5.33. The average molecular weight is 224 g/mol. The Kier molecular flexibility index (Phi) is 5.77. The van der Waals surface area contributed by atoms with E-state index in [-0.39, 0.29) is 0 Å². The first-order valence-electron chi connectivity index (χ1n) is 5.45. The summed E-state index contributed by atoms with van der Waals surface area (Å²) in [6.07, 6.45) is 0. The van der Waals surface area contributed by atoms with Gasteiger partial charge in [0, 0.05) is 19.7 Å². The predicted octanol–water partition coefficient (Wildman–Crippen LogP) is 0.836. The van der Waals surface area contributed by atoms with Crippen molar-refractivity contribution in [1.29, 1.82) is 0 Å². The zero-order chi connectivity index (χ0) is 11.8. The number of rotatable bonds is 7. The molecule has 0 aliphatic heterocycles. The van der Waals surface area contributed by atoms with Gasteiger partial charge in [0.1, 0.15) is 5.82 Å². The van der Waals surface area contributed by atoms with Gasteiger partial charge in [-0.2, -0.15) is 0 Å². The van der Waals surface area contributed by atoms with E-state index in [1.165, 1.54) is 0 Å². The van der Waals surface area contributed by atoms with Gasteiger partial charge >= 0.3 is 0 Å². The molecule has 90 valence electrons. The van der Waals surface area contributed by atoms with E-state index in [0.29, 0.717) is 5.82 Å². The Bertz CT molecular complexity index is 306. The summed E-state index contributed by atoms with van der Waals surface area (Å²) in [7, 11) is 2.04. The summed E-state index contributed by atoms with van der Waals surface area (Å²) >= 11 is 0. The number of nitrogen functional groups attached to an aromatic ring is 1. The second-order valence-corrected chi connectivity index (χ2v) is 3.59. The van der Waals surface area contributed by atoms with Gasteiger partial charge in [0.15, 0.2) is 0 Å². The molecule has 1 heterocycles. The summed E-state index contributed by atoms with van der Waals surface area (Å²) in [6.45, 7) is 5.21. The van der Waals surface area contributed by atoms with Crippen molar-refractivity contribution in [3.8, 4) is 0 Å². The molecule has 5 nitrogen and oxygen atoms in total. The lowest BCUT2D eigenvalue weighted by molar-refractivity contribution is 0.120. The summed E-state index contributed by atoms with van der Waals surface area (Å²) in [5.41, 5.74) is 3.53. The largest absolute Gasteiger partial charge is 0.380 e. The maximum Gasteiger partial charge on any atom is 0.140 e. The molecule has 0 spiro atoms. The molecule has 0 saturated heterocycles. The van der Waals surface area contributed by atoms with Crippen LogP contribution in [0.1, 0.15) is 12.6 Å². The fourth-order valence-corrected chi connectivity index (χ4v) is 1.37. The maximum atomic E-state index is 5.30. The highest BCUT2D eigenvalue weighted by Gasteiger charge is 2.02. The molecule has 0 saturated carbocycles. The molecule has 1 aromatic heterocycles. The summed E-state index contributed by atoms with van der Waals surface area (Å²) < 4.78 is 5.29. The zero-order valence-electron chi connectivity index (χ0n) is 9.94. The predicted molar refractivity (Wildman–Crippen MR) is 64.9 cm³/mol. The van der Waals surface area contributed by atoms with Gasteiger partial charge in [0.25, 0.3) is 0 Å². The Morgan fingerprint density at radius 1 is 1.50 bits per heavy atom. The Morgan fingerprint density at radius 3 is 3.00 bits per heavy atom. The lowest BCUT2D eigenvalue weighted by Crippen LogP contribution is -2.23. The van der Waals surface area contributed by atoms with Crippen molar-refractivity contribution in [2.45, 2.75) is 13.5 Å². The maximum absolute atomic E-state index is 5.30. The van der Waals surface area contributed by atoms with Crippen LogP contribution in [0.5, 0.6) is 0 Å². The van der Waals surface area contributed by atoms with Crippen LogP contribution < -0.4 is 11.3 Å². The Hall–Kier alpha value is -1.17. The number of hydrogen-bond acceptors (Lipinski definition) is 5. The minimum absolute atomic E-state index is 0.690. The molecule has 0 unspecified atom stereocenters. The Balaban J connectivity index is 2.39. The highest BCUT2D eigenvalue weighted by Crippen LogP contribution is 2.05. The van der Waals surface area contributed by atoms with Crippen LogP contribution in [0, 0.1) is 0 Å². The first-order valence-corrected chi connectivity index (χ1v) is 5.45. The third-order valence-corrected chi connectivity index (χ3v) is 2.21. The molecule has 0 aliphatic carbocycles. The van der Waals surface area contributed by atoms with E-state index in [1.54, 1.807) is 0 Å². The molecule has 0 bridgehead atoms. The Morgan fingerprint density at radius 2 is 2.31 bits per heavy atom. The van der Waals surface area contributed by atoms with Crippen molar-refractivity contribution in [1.82, 2.24) is 9.88 Å². The third kappa shape index (κ3) is 4.57. The lowest BCUT2D eigenvalue weighted by atomic mass is 10.3. The molecule has 0 aromatic carbocycles. The molecule has 1 rings (SSSR count). The number of pyridine rings is 1. The topological polar surface area (TPSA) is 63.4 Å². The fraction of sp³-hybridized carbons (Fsp3) is 0.545.